The number of carbonyl (C=O) groups excluding carboxylic acids is 4. The molecule has 150 valence electrons. The van der Waals surface area contributed by atoms with Gasteiger partial charge in [-0.3, -0.25) is 19.3 Å². The summed E-state index contributed by atoms with van der Waals surface area (Å²) in [5.74, 6) is -2.17. The highest BCUT2D eigenvalue weighted by Gasteiger charge is 2.43. The maximum Gasteiger partial charge on any atom is 0.338 e. The van der Waals surface area contributed by atoms with Crippen LogP contribution in [0.3, 0.4) is 0 Å². The van der Waals surface area contributed by atoms with E-state index in [1.165, 1.54) is 0 Å². The molecule has 1 aliphatic heterocycles. The molecule has 0 saturated carbocycles. The molecule has 7 nitrogen and oxygen atoms in total. The average Bonchev–Trinajstić information content (AvgIpc) is 2.94. The molecule has 3 rings (SSSR count). The number of nitrogens with one attached hydrogen (secondary N) is 1. The summed E-state index contributed by atoms with van der Waals surface area (Å²) in [5, 5.41) is 2.73. The normalized spacial score (nSPS) is 14.0. The molecule has 1 heterocycles. The third kappa shape index (κ3) is 3.89. The van der Waals surface area contributed by atoms with Crippen molar-refractivity contribution < 1.29 is 23.9 Å². The van der Waals surface area contributed by atoms with E-state index in [9.17, 15) is 19.2 Å². The van der Waals surface area contributed by atoms with Gasteiger partial charge in [0.05, 0.1) is 23.3 Å². The number of hydrogen-bond acceptors (Lipinski definition) is 5. The lowest BCUT2D eigenvalue weighted by atomic mass is 10.0. The van der Waals surface area contributed by atoms with Crippen LogP contribution in [0.2, 0.25) is 0 Å². The monoisotopic (exact) mass is 394 g/mol. The van der Waals surface area contributed by atoms with E-state index in [0.29, 0.717) is 22.4 Å². The van der Waals surface area contributed by atoms with Crippen LogP contribution in [0.25, 0.3) is 0 Å². The van der Waals surface area contributed by atoms with Gasteiger partial charge in [0.2, 0.25) is 5.91 Å². The number of amides is 3. The molecule has 0 aromatic heterocycles. The summed E-state index contributed by atoms with van der Waals surface area (Å²) in [6.07, 6.45) is 0. The first-order chi connectivity index (χ1) is 13.8. The van der Waals surface area contributed by atoms with Gasteiger partial charge in [0.15, 0.2) is 0 Å². The highest BCUT2D eigenvalue weighted by Crippen LogP contribution is 2.27. The lowest BCUT2D eigenvalue weighted by Crippen LogP contribution is -2.50. The SMILES string of the molecule is CCOC(=O)c1ccc(NC(=O)C(C(C)C)N2C(=O)c3ccccc3C2=O)cc1. The van der Waals surface area contributed by atoms with E-state index in [-0.39, 0.29) is 12.5 Å². The van der Waals surface area contributed by atoms with Gasteiger partial charge in [-0.15, -0.1) is 0 Å². The molecule has 1 unspecified atom stereocenters. The number of benzene rings is 2. The summed E-state index contributed by atoms with van der Waals surface area (Å²) in [5.41, 5.74) is 1.42. The Morgan fingerprint density at radius 2 is 1.52 bits per heavy atom. The standard InChI is InChI=1S/C22H22N2O5/c1-4-29-22(28)14-9-11-15(12-10-14)23-19(25)18(13(2)3)24-20(26)16-7-5-6-8-17(16)21(24)27/h5-13,18H,4H2,1-3H3,(H,23,25). The number of ether oxygens (including phenoxy) is 1. The van der Waals surface area contributed by atoms with E-state index in [1.54, 1.807) is 69.3 Å². The van der Waals surface area contributed by atoms with Crippen LogP contribution in [-0.4, -0.2) is 41.2 Å². The number of esters is 1. The Morgan fingerprint density at radius 3 is 2.00 bits per heavy atom. The Balaban J connectivity index is 1.80. The maximum absolute atomic E-state index is 13.0. The molecule has 0 aliphatic carbocycles. The highest BCUT2D eigenvalue weighted by molar-refractivity contribution is 6.23. The van der Waals surface area contributed by atoms with E-state index in [1.807, 2.05) is 0 Å². The van der Waals surface area contributed by atoms with Gasteiger partial charge in [-0.25, -0.2) is 4.79 Å². The number of imide groups is 1. The van der Waals surface area contributed by atoms with Crippen molar-refractivity contribution in [3.8, 4) is 0 Å². The van der Waals surface area contributed by atoms with Crippen molar-refractivity contribution in [1.82, 2.24) is 4.90 Å². The third-order valence-electron chi connectivity index (χ3n) is 4.67. The Labute approximate surface area is 168 Å². The summed E-state index contributed by atoms with van der Waals surface area (Å²) in [7, 11) is 0. The van der Waals surface area contributed by atoms with Crippen molar-refractivity contribution in [1.29, 1.82) is 0 Å². The first kappa shape index (κ1) is 20.3. The molecule has 7 heteroatoms. The molecular formula is C22H22N2O5. The molecule has 1 N–H and O–H groups in total. The van der Waals surface area contributed by atoms with Crippen LogP contribution in [0.15, 0.2) is 48.5 Å². The van der Waals surface area contributed by atoms with Crippen LogP contribution in [0.4, 0.5) is 5.69 Å². The predicted molar refractivity (Wildman–Crippen MR) is 107 cm³/mol. The lowest BCUT2D eigenvalue weighted by molar-refractivity contribution is -0.121. The third-order valence-corrected chi connectivity index (χ3v) is 4.67. The quantitative estimate of drug-likeness (QED) is 0.600. The largest absolute Gasteiger partial charge is 0.462 e. The molecule has 1 atom stereocenters. The fraction of sp³-hybridized carbons (Fsp3) is 0.273. The minimum Gasteiger partial charge on any atom is -0.462 e. The maximum atomic E-state index is 13.0. The Hall–Kier alpha value is -3.48. The van der Waals surface area contributed by atoms with Crippen LogP contribution in [0.1, 0.15) is 51.8 Å². The summed E-state index contributed by atoms with van der Waals surface area (Å²) in [6, 6.07) is 11.8. The van der Waals surface area contributed by atoms with Gasteiger partial charge in [0.1, 0.15) is 6.04 Å². The Kier molecular flexibility index (Phi) is 5.77. The fourth-order valence-electron chi connectivity index (χ4n) is 3.30. The second-order valence-corrected chi connectivity index (χ2v) is 7.00. The van der Waals surface area contributed by atoms with E-state index < -0.39 is 29.7 Å². The van der Waals surface area contributed by atoms with Gasteiger partial charge >= 0.3 is 5.97 Å². The molecule has 0 fully saturated rings. The van der Waals surface area contributed by atoms with E-state index in [0.717, 1.165) is 4.90 Å². The van der Waals surface area contributed by atoms with Crippen molar-refractivity contribution in [3.05, 3.63) is 65.2 Å². The molecule has 3 amide bonds. The van der Waals surface area contributed by atoms with Gasteiger partial charge in [-0.05, 0) is 49.2 Å². The zero-order chi connectivity index (χ0) is 21.1. The zero-order valence-corrected chi connectivity index (χ0v) is 16.5. The van der Waals surface area contributed by atoms with Gasteiger partial charge in [0, 0.05) is 5.69 Å². The molecular weight excluding hydrogens is 372 g/mol. The van der Waals surface area contributed by atoms with Gasteiger partial charge < -0.3 is 10.1 Å². The number of rotatable bonds is 6. The summed E-state index contributed by atoms with van der Waals surface area (Å²) >= 11 is 0. The molecule has 29 heavy (non-hydrogen) atoms. The minimum atomic E-state index is -0.966. The van der Waals surface area contributed by atoms with Crippen molar-refractivity contribution >= 4 is 29.4 Å². The van der Waals surface area contributed by atoms with Gasteiger partial charge in [0.25, 0.3) is 11.8 Å². The molecule has 0 bridgehead atoms. The summed E-state index contributed by atoms with van der Waals surface area (Å²) in [4.78, 5) is 51.2. The average molecular weight is 394 g/mol. The van der Waals surface area contributed by atoms with Crippen molar-refractivity contribution in [3.63, 3.8) is 0 Å². The molecule has 0 saturated heterocycles. The smallest absolute Gasteiger partial charge is 0.338 e. The molecule has 0 radical (unpaired) electrons. The second kappa shape index (κ2) is 8.26. The first-order valence-corrected chi connectivity index (χ1v) is 9.40. The summed E-state index contributed by atoms with van der Waals surface area (Å²) in [6.45, 7) is 5.54. The fourth-order valence-corrected chi connectivity index (χ4v) is 3.30. The van der Waals surface area contributed by atoms with Gasteiger partial charge in [-0.1, -0.05) is 26.0 Å². The number of carbonyl (C=O) groups is 4. The van der Waals surface area contributed by atoms with Crippen molar-refractivity contribution in [2.24, 2.45) is 5.92 Å². The Bertz CT molecular complexity index is 930. The van der Waals surface area contributed by atoms with E-state index in [4.69, 9.17) is 4.74 Å². The van der Waals surface area contributed by atoms with Crippen LogP contribution < -0.4 is 5.32 Å². The lowest BCUT2D eigenvalue weighted by Gasteiger charge is -2.28. The first-order valence-electron chi connectivity index (χ1n) is 9.40. The highest BCUT2D eigenvalue weighted by atomic mass is 16.5. The summed E-state index contributed by atoms with van der Waals surface area (Å²) < 4.78 is 4.93. The number of hydrogen-bond donors (Lipinski definition) is 1. The second-order valence-electron chi connectivity index (χ2n) is 7.00. The molecule has 2 aromatic rings. The molecule has 1 aliphatic rings. The van der Waals surface area contributed by atoms with Crippen molar-refractivity contribution in [2.45, 2.75) is 26.8 Å². The number of nitrogens with zero attached hydrogens (tertiary/aromatic N) is 1. The number of anilines is 1. The van der Waals surface area contributed by atoms with Gasteiger partial charge in [-0.2, -0.15) is 0 Å². The molecule has 2 aromatic carbocycles. The Morgan fingerprint density at radius 1 is 0.966 bits per heavy atom. The van der Waals surface area contributed by atoms with Crippen LogP contribution in [0, 0.1) is 5.92 Å². The van der Waals surface area contributed by atoms with Crippen LogP contribution >= 0.6 is 0 Å². The van der Waals surface area contributed by atoms with Crippen molar-refractivity contribution in [2.75, 3.05) is 11.9 Å². The van der Waals surface area contributed by atoms with Crippen LogP contribution in [-0.2, 0) is 9.53 Å². The number of fused-ring (bicyclic) bond motifs is 1. The van der Waals surface area contributed by atoms with Crippen LogP contribution in [0.5, 0.6) is 0 Å². The molecule has 0 spiro atoms. The predicted octanol–water partition coefficient (Wildman–Crippen LogP) is 3.12. The van der Waals surface area contributed by atoms with E-state index in [2.05, 4.69) is 5.32 Å². The van der Waals surface area contributed by atoms with E-state index >= 15 is 0 Å². The topological polar surface area (TPSA) is 92.8 Å². The zero-order valence-electron chi connectivity index (χ0n) is 16.5. The minimum absolute atomic E-state index is 0.271.